The minimum absolute atomic E-state index is 0.602. The lowest BCUT2D eigenvalue weighted by molar-refractivity contribution is 0.299. The monoisotopic (exact) mass is 156 g/mol. The predicted molar refractivity (Wildman–Crippen MR) is 40.6 cm³/mol. The van der Waals surface area contributed by atoms with Crippen LogP contribution in [0, 0.1) is 0 Å². The van der Waals surface area contributed by atoms with Gasteiger partial charge in [-0.3, -0.25) is 0 Å². The molecule has 3 nitrogen and oxygen atoms in total. The van der Waals surface area contributed by atoms with Crippen molar-refractivity contribution in [3.63, 3.8) is 0 Å². The van der Waals surface area contributed by atoms with Crippen LogP contribution >= 0.6 is 11.5 Å². The van der Waals surface area contributed by atoms with Crippen LogP contribution in [0.3, 0.4) is 0 Å². The van der Waals surface area contributed by atoms with Crippen molar-refractivity contribution in [3.05, 3.63) is 17.9 Å². The quantitative estimate of drug-likeness (QED) is 0.623. The highest BCUT2D eigenvalue weighted by molar-refractivity contribution is 7.06. The molecule has 10 heavy (non-hydrogen) atoms. The molecular weight excluding hydrogens is 148 g/mol. The van der Waals surface area contributed by atoms with Gasteiger partial charge in [0.2, 0.25) is 0 Å². The van der Waals surface area contributed by atoms with E-state index in [1.54, 1.807) is 0 Å². The average molecular weight is 156 g/mol. The second kappa shape index (κ2) is 3.31. The molecule has 0 atom stereocenters. The summed E-state index contributed by atoms with van der Waals surface area (Å²) in [6.07, 6.45) is 1.49. The van der Waals surface area contributed by atoms with E-state index in [1.165, 1.54) is 17.9 Å². The topological polar surface area (TPSA) is 35.0 Å². The molecule has 0 aliphatic carbocycles. The number of hydrogen-bond donors (Lipinski definition) is 0. The normalized spacial score (nSPS) is 9.30. The van der Waals surface area contributed by atoms with Crippen molar-refractivity contribution in [1.29, 1.82) is 0 Å². The Morgan fingerprint density at radius 2 is 2.70 bits per heavy atom. The van der Waals surface area contributed by atoms with Gasteiger partial charge in [0.1, 0.15) is 12.1 Å². The molecule has 0 fully saturated rings. The molecule has 1 heterocycles. The molecule has 4 heteroatoms. The van der Waals surface area contributed by atoms with Gasteiger partial charge in [0.25, 0.3) is 0 Å². The molecule has 0 spiro atoms. The maximum atomic E-state index is 5.10. The lowest BCUT2D eigenvalue weighted by Crippen LogP contribution is -1.87. The van der Waals surface area contributed by atoms with Crippen LogP contribution in [0.4, 0.5) is 0 Å². The fourth-order valence-corrected chi connectivity index (χ4v) is 0.981. The molecule has 1 rings (SSSR count). The van der Waals surface area contributed by atoms with Gasteiger partial charge in [0.05, 0.1) is 6.61 Å². The van der Waals surface area contributed by atoms with Gasteiger partial charge >= 0.3 is 0 Å². The van der Waals surface area contributed by atoms with Crippen LogP contribution in [0.25, 0.3) is 5.76 Å². The smallest absolute Gasteiger partial charge is 0.177 e. The molecule has 54 valence electrons. The Morgan fingerprint density at radius 3 is 3.20 bits per heavy atom. The Balaban J connectivity index is 2.59. The highest BCUT2D eigenvalue weighted by Gasteiger charge is 2.00. The first-order chi connectivity index (χ1) is 4.84. The number of aromatic nitrogens is 2. The first kappa shape index (κ1) is 7.21. The van der Waals surface area contributed by atoms with Crippen LogP contribution in [0.2, 0.25) is 0 Å². The molecule has 0 radical (unpaired) electrons. The van der Waals surface area contributed by atoms with Gasteiger partial charge in [0.15, 0.2) is 5.01 Å². The van der Waals surface area contributed by atoms with E-state index in [4.69, 9.17) is 4.74 Å². The summed E-state index contributed by atoms with van der Waals surface area (Å²) in [5.41, 5.74) is 0. The van der Waals surface area contributed by atoms with E-state index >= 15 is 0 Å². The van der Waals surface area contributed by atoms with E-state index in [0.717, 1.165) is 5.01 Å². The number of nitrogens with zero attached hydrogens (tertiary/aromatic N) is 2. The molecule has 0 N–H and O–H groups in total. The van der Waals surface area contributed by atoms with Gasteiger partial charge in [-0.15, -0.1) is 0 Å². The number of hydrogen-bond acceptors (Lipinski definition) is 4. The van der Waals surface area contributed by atoms with Crippen LogP contribution < -0.4 is 0 Å². The second-order valence-corrected chi connectivity index (χ2v) is 2.38. The Morgan fingerprint density at radius 1 is 1.90 bits per heavy atom. The largest absolute Gasteiger partial charge is 0.491 e. The third-order valence-electron chi connectivity index (χ3n) is 0.918. The molecule has 0 saturated carbocycles. The van der Waals surface area contributed by atoms with Gasteiger partial charge in [-0.05, 0) is 18.5 Å². The Hall–Kier alpha value is -0.900. The molecule has 1 aromatic heterocycles. The fourth-order valence-electron chi connectivity index (χ4n) is 0.532. The summed E-state index contributed by atoms with van der Waals surface area (Å²) in [5, 5.41) is 0.752. The lowest BCUT2D eigenvalue weighted by atomic mass is 10.6. The molecule has 0 unspecified atom stereocenters. The van der Waals surface area contributed by atoms with Gasteiger partial charge in [-0.2, -0.15) is 4.37 Å². The molecule has 0 aliphatic rings. The summed E-state index contributed by atoms with van der Waals surface area (Å²) in [5.74, 6) is 0.602. The maximum absolute atomic E-state index is 5.10. The standard InChI is InChI=1S/C6H8N2OS/c1-3-9-5(2)6-7-4-8-10-6/h4H,2-3H2,1H3. The Bertz CT molecular complexity index is 208. The van der Waals surface area contributed by atoms with Crippen LogP contribution in [-0.2, 0) is 4.74 Å². The van der Waals surface area contributed by atoms with E-state index in [-0.39, 0.29) is 0 Å². The molecule has 0 bridgehead atoms. The van der Waals surface area contributed by atoms with Crippen molar-refractivity contribution in [3.8, 4) is 0 Å². The third kappa shape index (κ3) is 1.54. The van der Waals surface area contributed by atoms with Crippen molar-refractivity contribution in [2.45, 2.75) is 6.92 Å². The summed E-state index contributed by atoms with van der Waals surface area (Å²) >= 11 is 1.29. The zero-order chi connectivity index (χ0) is 7.40. The van der Waals surface area contributed by atoms with E-state index in [9.17, 15) is 0 Å². The lowest BCUT2D eigenvalue weighted by Gasteiger charge is -1.99. The molecule has 1 aromatic rings. The Kier molecular flexibility index (Phi) is 2.39. The maximum Gasteiger partial charge on any atom is 0.177 e. The van der Waals surface area contributed by atoms with Gasteiger partial charge in [-0.25, -0.2) is 4.98 Å². The second-order valence-electron chi connectivity index (χ2n) is 1.60. The summed E-state index contributed by atoms with van der Waals surface area (Å²) in [6.45, 7) is 6.20. The van der Waals surface area contributed by atoms with Gasteiger partial charge in [-0.1, -0.05) is 6.58 Å². The summed E-state index contributed by atoms with van der Waals surface area (Å²) in [4.78, 5) is 3.92. The van der Waals surface area contributed by atoms with Crippen LogP contribution in [0.5, 0.6) is 0 Å². The number of rotatable bonds is 3. The molecule has 0 saturated heterocycles. The minimum atomic E-state index is 0.602. The highest BCUT2D eigenvalue weighted by atomic mass is 32.1. The van der Waals surface area contributed by atoms with E-state index in [0.29, 0.717) is 12.4 Å². The fraction of sp³-hybridized carbons (Fsp3) is 0.333. The molecule has 0 amide bonds. The summed E-state index contributed by atoms with van der Waals surface area (Å²) in [7, 11) is 0. The first-order valence-corrected chi connectivity index (χ1v) is 3.70. The van der Waals surface area contributed by atoms with Crippen molar-refractivity contribution in [2.75, 3.05) is 6.61 Å². The zero-order valence-corrected chi connectivity index (χ0v) is 6.52. The predicted octanol–water partition coefficient (Wildman–Crippen LogP) is 1.55. The third-order valence-corrected chi connectivity index (χ3v) is 1.62. The summed E-state index contributed by atoms with van der Waals surface area (Å²) < 4.78 is 8.91. The zero-order valence-electron chi connectivity index (χ0n) is 5.70. The van der Waals surface area contributed by atoms with E-state index < -0.39 is 0 Å². The van der Waals surface area contributed by atoms with Crippen molar-refractivity contribution < 1.29 is 4.74 Å². The Labute approximate surface area is 63.5 Å². The minimum Gasteiger partial charge on any atom is -0.491 e. The molecular formula is C6H8N2OS. The van der Waals surface area contributed by atoms with E-state index in [2.05, 4.69) is 15.9 Å². The summed E-state index contributed by atoms with van der Waals surface area (Å²) in [6, 6.07) is 0. The molecule has 0 aromatic carbocycles. The van der Waals surface area contributed by atoms with Crippen LogP contribution in [0.1, 0.15) is 11.9 Å². The SMILES string of the molecule is C=C(OCC)c1ncns1. The molecule has 0 aliphatic heterocycles. The van der Waals surface area contributed by atoms with E-state index in [1.807, 2.05) is 6.92 Å². The number of ether oxygens (including phenoxy) is 1. The van der Waals surface area contributed by atoms with Gasteiger partial charge < -0.3 is 4.74 Å². The van der Waals surface area contributed by atoms with Crippen molar-refractivity contribution in [1.82, 2.24) is 9.36 Å². The average Bonchev–Trinajstić information content (AvgIpc) is 2.38. The van der Waals surface area contributed by atoms with Gasteiger partial charge in [0, 0.05) is 0 Å². The first-order valence-electron chi connectivity index (χ1n) is 2.93. The van der Waals surface area contributed by atoms with Crippen molar-refractivity contribution in [2.24, 2.45) is 0 Å². The van der Waals surface area contributed by atoms with Crippen molar-refractivity contribution >= 4 is 17.3 Å². The van der Waals surface area contributed by atoms with Crippen LogP contribution in [0.15, 0.2) is 12.9 Å². The highest BCUT2D eigenvalue weighted by Crippen LogP contribution is 2.12. The van der Waals surface area contributed by atoms with Crippen LogP contribution in [-0.4, -0.2) is 16.0 Å².